The number of hydrogen-bond donors (Lipinski definition) is 2. The Hall–Kier alpha value is 0.310. The summed E-state index contributed by atoms with van der Waals surface area (Å²) in [6, 6.07) is 0. The van der Waals surface area contributed by atoms with Crippen LogP contribution in [0.25, 0.3) is 0 Å². The van der Waals surface area contributed by atoms with E-state index in [1.165, 1.54) is 7.11 Å². The maximum atomic E-state index is 8.26. The maximum absolute atomic E-state index is 8.26. The fraction of sp³-hybridized carbons (Fsp3) is 1.00. The lowest BCUT2D eigenvalue weighted by molar-refractivity contribution is 0.307. The van der Waals surface area contributed by atoms with Crippen molar-refractivity contribution in [3.63, 3.8) is 0 Å². The van der Waals surface area contributed by atoms with Crippen LogP contribution in [0.2, 0.25) is 0 Å². The average molecular weight is 110 g/mol. The van der Waals surface area contributed by atoms with E-state index in [4.69, 9.17) is 10.00 Å². The van der Waals surface area contributed by atoms with Crippen molar-refractivity contribution in [2.45, 2.75) is 0 Å². The minimum atomic E-state index is -1.52. The predicted molar refractivity (Wildman–Crippen MR) is 23.2 cm³/mol. The molecule has 3 nitrogen and oxygen atoms in total. The lowest BCUT2D eigenvalue weighted by Gasteiger charge is -1.98. The molecule has 1 atom stereocenters. The summed E-state index contributed by atoms with van der Waals surface area (Å²) in [6.07, 6.45) is -0.272. The maximum Gasteiger partial charge on any atom is 0.194 e. The van der Waals surface area contributed by atoms with Crippen LogP contribution in [0.5, 0.6) is 0 Å². The lowest BCUT2D eigenvalue weighted by Crippen LogP contribution is -1.79. The van der Waals surface area contributed by atoms with Crippen molar-refractivity contribution in [3.05, 3.63) is 0 Å². The van der Waals surface area contributed by atoms with Gasteiger partial charge >= 0.3 is 0 Å². The molecule has 0 aromatic heterocycles. The van der Waals surface area contributed by atoms with E-state index in [1.807, 2.05) is 0 Å². The van der Waals surface area contributed by atoms with E-state index in [0.29, 0.717) is 0 Å². The van der Waals surface area contributed by atoms with Crippen molar-refractivity contribution >= 4 is 8.38 Å². The van der Waals surface area contributed by atoms with E-state index in [9.17, 15) is 0 Å². The fourth-order valence-corrected chi connectivity index (χ4v) is 0.173. The molecule has 4 heteroatoms. The Balaban J connectivity index is 2.75. The third kappa shape index (κ3) is 2.54. The summed E-state index contributed by atoms with van der Waals surface area (Å²) in [7, 11) is -0.171. The molecular formula is C2H7O3P. The Morgan fingerprint density at radius 2 is 2.33 bits per heavy atom. The highest BCUT2D eigenvalue weighted by molar-refractivity contribution is 7.45. The van der Waals surface area contributed by atoms with Crippen LogP contribution >= 0.6 is 8.38 Å². The Kier molecular flexibility index (Phi) is 3.68. The average Bonchev–Trinajstić information content (AvgIpc) is 1.65. The Morgan fingerprint density at radius 3 is 2.33 bits per heavy atom. The molecular weight excluding hydrogens is 103 g/mol. The molecule has 6 heavy (non-hydrogen) atoms. The SMILES string of the molecule is COP(O)CO. The van der Waals surface area contributed by atoms with Gasteiger partial charge in [-0.2, -0.15) is 0 Å². The first kappa shape index (κ1) is 6.31. The molecule has 0 amide bonds. The molecule has 0 heterocycles. The summed E-state index contributed by atoms with van der Waals surface area (Å²) >= 11 is 0. The number of rotatable bonds is 2. The van der Waals surface area contributed by atoms with Gasteiger partial charge in [0.25, 0.3) is 0 Å². The third-order valence-electron chi connectivity index (χ3n) is 0.332. The van der Waals surface area contributed by atoms with Gasteiger partial charge < -0.3 is 14.5 Å². The minimum absolute atomic E-state index is 0.272. The molecule has 0 radical (unpaired) electrons. The fourth-order valence-electron chi connectivity index (χ4n) is 0.0577. The largest absolute Gasteiger partial charge is 0.387 e. The van der Waals surface area contributed by atoms with Gasteiger partial charge in [0, 0.05) is 7.11 Å². The third-order valence-corrected chi connectivity index (χ3v) is 0.995. The monoisotopic (exact) mass is 110 g/mol. The normalized spacial score (nSPS) is 14.5. The highest BCUT2D eigenvalue weighted by Crippen LogP contribution is 2.26. The van der Waals surface area contributed by atoms with E-state index in [-0.39, 0.29) is 6.35 Å². The molecule has 0 bridgehead atoms. The summed E-state index contributed by atoms with van der Waals surface area (Å²) in [5, 5.41) is 7.99. The summed E-state index contributed by atoms with van der Waals surface area (Å²) in [5.74, 6) is 0. The van der Waals surface area contributed by atoms with Crippen LogP contribution < -0.4 is 0 Å². The van der Waals surface area contributed by atoms with Crippen LogP contribution in [0, 0.1) is 0 Å². The topological polar surface area (TPSA) is 49.7 Å². The van der Waals surface area contributed by atoms with Gasteiger partial charge in [-0.05, 0) is 0 Å². The van der Waals surface area contributed by atoms with Gasteiger partial charge in [0.15, 0.2) is 8.38 Å². The minimum Gasteiger partial charge on any atom is -0.387 e. The quantitative estimate of drug-likeness (QED) is 0.487. The van der Waals surface area contributed by atoms with Crippen LogP contribution in [-0.2, 0) is 4.52 Å². The van der Waals surface area contributed by atoms with Gasteiger partial charge in [-0.3, -0.25) is 0 Å². The van der Waals surface area contributed by atoms with E-state index >= 15 is 0 Å². The first-order chi connectivity index (χ1) is 2.81. The zero-order valence-electron chi connectivity index (χ0n) is 3.46. The Labute approximate surface area is 37.5 Å². The molecule has 0 spiro atoms. The molecule has 0 aromatic rings. The highest BCUT2D eigenvalue weighted by Gasteiger charge is 1.93. The summed E-state index contributed by atoms with van der Waals surface area (Å²) < 4.78 is 4.27. The second kappa shape index (κ2) is 3.50. The van der Waals surface area contributed by atoms with E-state index in [0.717, 1.165) is 0 Å². The highest BCUT2D eigenvalue weighted by atomic mass is 31.2. The molecule has 0 aliphatic heterocycles. The van der Waals surface area contributed by atoms with Gasteiger partial charge in [0.05, 0.1) is 0 Å². The number of aliphatic hydroxyl groups is 1. The van der Waals surface area contributed by atoms with E-state index in [1.54, 1.807) is 0 Å². The summed E-state index contributed by atoms with van der Waals surface area (Å²) in [6.45, 7) is 0. The summed E-state index contributed by atoms with van der Waals surface area (Å²) in [4.78, 5) is 8.26. The smallest absolute Gasteiger partial charge is 0.194 e. The van der Waals surface area contributed by atoms with Crippen molar-refractivity contribution < 1.29 is 14.5 Å². The van der Waals surface area contributed by atoms with Crippen molar-refractivity contribution in [1.29, 1.82) is 0 Å². The molecule has 38 valence electrons. The first-order valence-electron chi connectivity index (χ1n) is 1.42. The summed E-state index contributed by atoms with van der Waals surface area (Å²) in [5.41, 5.74) is 0. The molecule has 0 aliphatic rings. The molecule has 1 unspecified atom stereocenters. The van der Waals surface area contributed by atoms with Crippen LogP contribution in [0.1, 0.15) is 0 Å². The van der Waals surface area contributed by atoms with Gasteiger partial charge in [0.2, 0.25) is 0 Å². The Bertz CT molecular complexity index is 28.0. The zero-order chi connectivity index (χ0) is 4.99. The lowest BCUT2D eigenvalue weighted by atomic mass is 11.7. The van der Waals surface area contributed by atoms with Crippen molar-refractivity contribution in [3.8, 4) is 0 Å². The first-order valence-corrected chi connectivity index (χ1v) is 2.82. The standard InChI is InChI=1S/C2H7O3P/c1-5-6(4)2-3/h3-4H,2H2,1H3. The zero-order valence-corrected chi connectivity index (χ0v) is 4.35. The molecule has 0 aliphatic carbocycles. The molecule has 0 rings (SSSR count). The van der Waals surface area contributed by atoms with Gasteiger partial charge in [-0.25, -0.2) is 0 Å². The van der Waals surface area contributed by atoms with E-state index < -0.39 is 8.38 Å². The Morgan fingerprint density at radius 1 is 1.83 bits per heavy atom. The predicted octanol–water partition coefficient (Wildman–Crippen LogP) is -0.113. The van der Waals surface area contributed by atoms with Gasteiger partial charge in [-0.15, -0.1) is 0 Å². The van der Waals surface area contributed by atoms with Crippen molar-refractivity contribution in [2.75, 3.05) is 13.5 Å². The number of hydrogen-bond acceptors (Lipinski definition) is 3. The number of aliphatic hydroxyl groups excluding tert-OH is 1. The van der Waals surface area contributed by atoms with Crippen LogP contribution in [0.4, 0.5) is 0 Å². The molecule has 0 fully saturated rings. The second-order valence-corrected chi connectivity index (χ2v) is 2.03. The van der Waals surface area contributed by atoms with Crippen LogP contribution in [0.15, 0.2) is 0 Å². The molecule has 0 aromatic carbocycles. The molecule has 0 saturated carbocycles. The van der Waals surface area contributed by atoms with Crippen molar-refractivity contribution in [2.24, 2.45) is 0 Å². The van der Waals surface area contributed by atoms with Gasteiger partial charge in [0.1, 0.15) is 6.35 Å². The second-order valence-electron chi connectivity index (χ2n) is 0.676. The van der Waals surface area contributed by atoms with Crippen LogP contribution in [0.3, 0.4) is 0 Å². The van der Waals surface area contributed by atoms with Gasteiger partial charge in [-0.1, -0.05) is 0 Å². The molecule has 0 saturated heterocycles. The van der Waals surface area contributed by atoms with Crippen molar-refractivity contribution in [1.82, 2.24) is 0 Å². The molecule has 2 N–H and O–H groups in total. The van der Waals surface area contributed by atoms with E-state index in [2.05, 4.69) is 4.52 Å². The van der Waals surface area contributed by atoms with Crippen LogP contribution in [-0.4, -0.2) is 23.5 Å².